The average Bonchev–Trinajstić information content (AvgIpc) is 2.46. The van der Waals surface area contributed by atoms with E-state index in [1.54, 1.807) is 0 Å². The number of fused-ring (bicyclic) bond motifs is 1. The first kappa shape index (κ1) is 11.9. The molecule has 1 aromatic heterocycles. The van der Waals surface area contributed by atoms with Crippen molar-refractivity contribution in [2.45, 2.75) is 13.0 Å². The molecule has 3 rings (SSSR count). The monoisotopic (exact) mass is 253 g/mol. The van der Waals surface area contributed by atoms with Crippen LogP contribution in [0.4, 0.5) is 5.82 Å². The molecule has 1 saturated heterocycles. The van der Waals surface area contributed by atoms with Gasteiger partial charge in [0.15, 0.2) is 0 Å². The fourth-order valence-corrected chi connectivity index (χ4v) is 2.45. The second-order valence-corrected chi connectivity index (χ2v) is 4.78. The summed E-state index contributed by atoms with van der Waals surface area (Å²) in [7, 11) is 0. The normalized spacial score (nSPS) is 19.4. The molecule has 0 radical (unpaired) electrons. The minimum absolute atomic E-state index is 0.245. The van der Waals surface area contributed by atoms with Crippen molar-refractivity contribution in [2.24, 2.45) is 0 Å². The van der Waals surface area contributed by atoms with E-state index in [0.29, 0.717) is 18.8 Å². The molecule has 2 heterocycles. The number of morpholine rings is 1. The minimum Gasteiger partial charge on any atom is -0.377 e. The molecule has 96 valence electrons. The Morgan fingerprint density at radius 2 is 2.26 bits per heavy atom. The van der Waals surface area contributed by atoms with E-state index in [-0.39, 0.29) is 6.04 Å². The van der Waals surface area contributed by atoms with Crippen molar-refractivity contribution < 1.29 is 4.74 Å². The molecule has 1 aliphatic rings. The smallest absolute Gasteiger partial charge is 0.147 e. The van der Waals surface area contributed by atoms with Crippen molar-refractivity contribution in [3.8, 4) is 6.07 Å². The Labute approximate surface area is 112 Å². The SMILES string of the molecule is CC1COCCN1c1nc2ccccc2cc1C#N. The number of benzene rings is 1. The Bertz CT molecular complexity index is 647. The van der Waals surface area contributed by atoms with Crippen molar-refractivity contribution in [3.63, 3.8) is 0 Å². The summed E-state index contributed by atoms with van der Waals surface area (Å²) in [6.07, 6.45) is 0. The third kappa shape index (κ3) is 2.13. The van der Waals surface area contributed by atoms with Crippen LogP contribution in [0, 0.1) is 11.3 Å². The second kappa shape index (κ2) is 4.87. The number of nitriles is 1. The summed E-state index contributed by atoms with van der Waals surface area (Å²) in [6, 6.07) is 12.3. The molecule has 1 aromatic carbocycles. The lowest BCUT2D eigenvalue weighted by atomic mass is 10.1. The van der Waals surface area contributed by atoms with Gasteiger partial charge in [-0.3, -0.25) is 0 Å². The van der Waals surface area contributed by atoms with Crippen LogP contribution in [0.1, 0.15) is 12.5 Å². The number of para-hydroxylation sites is 1. The summed E-state index contributed by atoms with van der Waals surface area (Å²) in [5.41, 5.74) is 1.56. The van der Waals surface area contributed by atoms with E-state index < -0.39 is 0 Å². The molecule has 4 heteroatoms. The van der Waals surface area contributed by atoms with E-state index in [1.807, 2.05) is 30.3 Å². The predicted molar refractivity (Wildman–Crippen MR) is 74.1 cm³/mol. The van der Waals surface area contributed by atoms with Crippen LogP contribution in [-0.4, -0.2) is 30.8 Å². The van der Waals surface area contributed by atoms with Gasteiger partial charge in [0.25, 0.3) is 0 Å². The van der Waals surface area contributed by atoms with Crippen LogP contribution >= 0.6 is 0 Å². The van der Waals surface area contributed by atoms with Gasteiger partial charge in [-0.15, -0.1) is 0 Å². The lowest BCUT2D eigenvalue weighted by Crippen LogP contribution is -2.44. The molecular weight excluding hydrogens is 238 g/mol. The summed E-state index contributed by atoms with van der Waals surface area (Å²) in [4.78, 5) is 6.83. The first-order valence-corrected chi connectivity index (χ1v) is 6.44. The fourth-order valence-electron chi connectivity index (χ4n) is 2.45. The summed E-state index contributed by atoms with van der Waals surface area (Å²) < 4.78 is 5.44. The Balaban J connectivity index is 2.13. The highest BCUT2D eigenvalue weighted by molar-refractivity contribution is 5.83. The van der Waals surface area contributed by atoms with Gasteiger partial charge in [0.2, 0.25) is 0 Å². The van der Waals surface area contributed by atoms with Crippen molar-refractivity contribution in [3.05, 3.63) is 35.9 Å². The lowest BCUT2D eigenvalue weighted by Gasteiger charge is -2.34. The molecular formula is C15H15N3O. The van der Waals surface area contributed by atoms with Crippen molar-refractivity contribution in [2.75, 3.05) is 24.7 Å². The van der Waals surface area contributed by atoms with Crippen LogP contribution in [0.3, 0.4) is 0 Å². The van der Waals surface area contributed by atoms with Crippen molar-refractivity contribution in [1.82, 2.24) is 4.98 Å². The summed E-state index contributed by atoms with van der Waals surface area (Å²) in [6.45, 7) is 4.24. The Morgan fingerprint density at radius 3 is 3.05 bits per heavy atom. The van der Waals surface area contributed by atoms with E-state index in [2.05, 4.69) is 22.9 Å². The number of hydrogen-bond acceptors (Lipinski definition) is 4. The van der Waals surface area contributed by atoms with E-state index in [1.165, 1.54) is 0 Å². The third-order valence-electron chi connectivity index (χ3n) is 3.46. The number of rotatable bonds is 1. The number of aromatic nitrogens is 1. The molecule has 1 fully saturated rings. The lowest BCUT2D eigenvalue weighted by molar-refractivity contribution is 0.0985. The zero-order chi connectivity index (χ0) is 13.2. The zero-order valence-corrected chi connectivity index (χ0v) is 10.8. The molecule has 0 spiro atoms. The van der Waals surface area contributed by atoms with E-state index in [0.717, 1.165) is 23.3 Å². The van der Waals surface area contributed by atoms with Crippen molar-refractivity contribution in [1.29, 1.82) is 5.26 Å². The van der Waals surface area contributed by atoms with Crippen LogP contribution in [0.5, 0.6) is 0 Å². The van der Waals surface area contributed by atoms with Crippen LogP contribution in [-0.2, 0) is 4.74 Å². The quantitative estimate of drug-likeness (QED) is 0.782. The van der Waals surface area contributed by atoms with Crippen molar-refractivity contribution >= 4 is 16.7 Å². The van der Waals surface area contributed by atoms with Gasteiger partial charge in [0, 0.05) is 11.9 Å². The molecule has 1 aliphatic heterocycles. The molecule has 1 atom stereocenters. The van der Waals surface area contributed by atoms with Crippen LogP contribution < -0.4 is 4.90 Å². The number of pyridine rings is 1. The van der Waals surface area contributed by atoms with E-state index in [9.17, 15) is 5.26 Å². The number of hydrogen-bond donors (Lipinski definition) is 0. The van der Waals surface area contributed by atoms with E-state index >= 15 is 0 Å². The van der Waals surface area contributed by atoms with Gasteiger partial charge in [0.1, 0.15) is 11.9 Å². The summed E-state index contributed by atoms with van der Waals surface area (Å²) in [5.74, 6) is 0.775. The molecule has 0 aliphatic carbocycles. The maximum Gasteiger partial charge on any atom is 0.147 e. The highest BCUT2D eigenvalue weighted by Crippen LogP contribution is 2.25. The van der Waals surface area contributed by atoms with Gasteiger partial charge < -0.3 is 9.64 Å². The standard InChI is InChI=1S/C15H15N3O/c1-11-10-19-7-6-18(11)15-13(9-16)8-12-4-2-3-5-14(12)17-15/h2-5,8,11H,6-7,10H2,1H3. The number of ether oxygens (including phenoxy) is 1. The first-order valence-electron chi connectivity index (χ1n) is 6.44. The van der Waals surface area contributed by atoms with Gasteiger partial charge in [-0.05, 0) is 19.1 Å². The Hall–Kier alpha value is -2.12. The molecule has 0 bridgehead atoms. The highest BCUT2D eigenvalue weighted by Gasteiger charge is 2.23. The summed E-state index contributed by atoms with van der Waals surface area (Å²) in [5, 5.41) is 10.4. The first-order chi connectivity index (χ1) is 9.29. The average molecular weight is 253 g/mol. The molecule has 4 nitrogen and oxygen atoms in total. The second-order valence-electron chi connectivity index (χ2n) is 4.78. The topological polar surface area (TPSA) is 49.1 Å². The molecule has 0 N–H and O–H groups in total. The number of anilines is 1. The minimum atomic E-state index is 0.245. The third-order valence-corrected chi connectivity index (χ3v) is 3.46. The van der Waals surface area contributed by atoms with Crippen LogP contribution in [0.2, 0.25) is 0 Å². The Morgan fingerprint density at radius 1 is 1.42 bits per heavy atom. The maximum atomic E-state index is 9.35. The zero-order valence-electron chi connectivity index (χ0n) is 10.8. The van der Waals surface area contributed by atoms with Gasteiger partial charge in [-0.2, -0.15) is 5.26 Å². The molecule has 19 heavy (non-hydrogen) atoms. The molecule has 0 amide bonds. The summed E-state index contributed by atoms with van der Waals surface area (Å²) >= 11 is 0. The molecule has 0 saturated carbocycles. The maximum absolute atomic E-state index is 9.35. The largest absolute Gasteiger partial charge is 0.377 e. The van der Waals surface area contributed by atoms with Gasteiger partial charge in [0.05, 0.1) is 30.3 Å². The predicted octanol–water partition coefficient (Wildman–Crippen LogP) is 2.33. The van der Waals surface area contributed by atoms with Gasteiger partial charge in [-0.25, -0.2) is 4.98 Å². The Kier molecular flexibility index (Phi) is 3.06. The van der Waals surface area contributed by atoms with Gasteiger partial charge >= 0.3 is 0 Å². The fraction of sp³-hybridized carbons (Fsp3) is 0.333. The van der Waals surface area contributed by atoms with E-state index in [4.69, 9.17) is 4.74 Å². The highest BCUT2D eigenvalue weighted by atomic mass is 16.5. The molecule has 1 unspecified atom stereocenters. The van der Waals surface area contributed by atoms with Crippen LogP contribution in [0.25, 0.3) is 10.9 Å². The molecule has 2 aromatic rings. The van der Waals surface area contributed by atoms with Crippen LogP contribution in [0.15, 0.2) is 30.3 Å². The number of nitrogens with zero attached hydrogens (tertiary/aromatic N) is 3. The van der Waals surface area contributed by atoms with Gasteiger partial charge in [-0.1, -0.05) is 18.2 Å².